The SMILES string of the molecule is C=C[Si](C)(C)CC(C=O)NC(=O)[C@@H](NC(=O)OCc1ccccc1)C(C)C. The van der Waals surface area contributed by atoms with Crippen LogP contribution in [0, 0.1) is 5.92 Å². The second kappa shape index (κ2) is 10.7. The molecule has 2 atom stereocenters. The van der Waals surface area contributed by atoms with Gasteiger partial charge in [-0.05, 0) is 17.5 Å². The molecule has 1 aromatic rings. The lowest BCUT2D eigenvalue weighted by molar-refractivity contribution is -0.126. The highest BCUT2D eigenvalue weighted by atomic mass is 28.3. The standard InChI is InChI=1S/C20H30N2O4Si/c1-6-27(4,5)14-17(12-23)21-19(24)18(15(2)3)22-20(25)26-13-16-10-8-7-9-11-16/h6-12,15,17-18H,1,13-14H2,2-5H3,(H,21,24)(H,22,25)/t17?,18-/m0/s1. The molecule has 1 rings (SSSR count). The van der Waals surface area contributed by atoms with E-state index >= 15 is 0 Å². The number of carbonyl (C=O) groups is 3. The molecule has 2 amide bonds. The molecule has 2 N–H and O–H groups in total. The Morgan fingerprint density at radius 1 is 1.19 bits per heavy atom. The number of amides is 2. The minimum atomic E-state index is -1.77. The smallest absolute Gasteiger partial charge is 0.408 e. The van der Waals surface area contributed by atoms with Gasteiger partial charge < -0.3 is 20.2 Å². The van der Waals surface area contributed by atoms with Gasteiger partial charge in [-0.3, -0.25) is 4.79 Å². The van der Waals surface area contributed by atoms with Gasteiger partial charge in [0.25, 0.3) is 0 Å². The molecule has 0 radical (unpaired) electrons. The number of carbonyl (C=O) groups excluding carboxylic acids is 3. The third kappa shape index (κ3) is 8.21. The van der Waals surface area contributed by atoms with E-state index in [0.29, 0.717) is 6.04 Å². The van der Waals surface area contributed by atoms with E-state index in [4.69, 9.17) is 4.74 Å². The second-order valence-corrected chi connectivity index (χ2v) is 12.4. The van der Waals surface area contributed by atoms with Crippen molar-refractivity contribution < 1.29 is 19.1 Å². The number of aldehydes is 1. The van der Waals surface area contributed by atoms with Crippen LogP contribution in [0.25, 0.3) is 0 Å². The minimum absolute atomic E-state index is 0.120. The van der Waals surface area contributed by atoms with Crippen LogP contribution < -0.4 is 10.6 Å². The summed E-state index contributed by atoms with van der Waals surface area (Å²) in [4.78, 5) is 36.0. The molecule has 0 fully saturated rings. The molecule has 0 saturated heterocycles. The Morgan fingerprint density at radius 3 is 2.33 bits per heavy atom. The van der Waals surface area contributed by atoms with Crippen LogP contribution in [0.2, 0.25) is 19.1 Å². The van der Waals surface area contributed by atoms with E-state index in [0.717, 1.165) is 11.8 Å². The highest BCUT2D eigenvalue weighted by Crippen LogP contribution is 2.13. The third-order valence-electron chi connectivity index (χ3n) is 4.23. The summed E-state index contributed by atoms with van der Waals surface area (Å²) < 4.78 is 5.18. The largest absolute Gasteiger partial charge is 0.445 e. The number of rotatable bonds is 10. The van der Waals surface area contributed by atoms with E-state index in [1.54, 1.807) is 0 Å². The molecular formula is C20H30N2O4Si. The van der Waals surface area contributed by atoms with Crippen LogP contribution in [0.15, 0.2) is 42.6 Å². The Balaban J connectivity index is 2.64. The summed E-state index contributed by atoms with van der Waals surface area (Å²) in [6.07, 6.45) is 0.0671. The van der Waals surface area contributed by atoms with Crippen LogP contribution in [0.4, 0.5) is 4.79 Å². The van der Waals surface area contributed by atoms with Crippen molar-refractivity contribution in [3.05, 3.63) is 48.2 Å². The summed E-state index contributed by atoms with van der Waals surface area (Å²) in [6.45, 7) is 11.7. The second-order valence-electron chi connectivity index (χ2n) is 7.58. The molecule has 6 nitrogen and oxygen atoms in total. The van der Waals surface area contributed by atoms with Crippen molar-refractivity contribution in [3.8, 4) is 0 Å². The predicted molar refractivity (Wildman–Crippen MR) is 109 cm³/mol. The molecule has 0 aliphatic rings. The van der Waals surface area contributed by atoms with Gasteiger partial charge in [-0.25, -0.2) is 4.79 Å². The zero-order chi connectivity index (χ0) is 20.4. The molecule has 148 valence electrons. The van der Waals surface area contributed by atoms with E-state index in [1.165, 1.54) is 0 Å². The molecule has 27 heavy (non-hydrogen) atoms. The Morgan fingerprint density at radius 2 is 1.81 bits per heavy atom. The molecule has 7 heteroatoms. The number of nitrogens with one attached hydrogen (secondary N) is 2. The van der Waals surface area contributed by atoms with Crippen LogP contribution in [0.5, 0.6) is 0 Å². The molecular weight excluding hydrogens is 360 g/mol. The van der Waals surface area contributed by atoms with Gasteiger partial charge in [0.2, 0.25) is 5.91 Å². The summed E-state index contributed by atoms with van der Waals surface area (Å²) >= 11 is 0. The molecule has 0 heterocycles. The number of hydrogen-bond acceptors (Lipinski definition) is 4. The Hall–Kier alpha value is -2.41. The van der Waals surface area contributed by atoms with Crippen LogP contribution in [-0.4, -0.2) is 38.4 Å². The summed E-state index contributed by atoms with van der Waals surface area (Å²) in [5.41, 5.74) is 2.74. The van der Waals surface area contributed by atoms with E-state index in [9.17, 15) is 14.4 Å². The van der Waals surface area contributed by atoms with Crippen molar-refractivity contribution in [3.63, 3.8) is 0 Å². The number of hydrogen-bond donors (Lipinski definition) is 2. The monoisotopic (exact) mass is 390 g/mol. The van der Waals surface area contributed by atoms with Gasteiger partial charge in [0.15, 0.2) is 0 Å². The van der Waals surface area contributed by atoms with Gasteiger partial charge >= 0.3 is 6.09 Å². The number of ether oxygens (including phenoxy) is 1. The maximum Gasteiger partial charge on any atom is 0.408 e. The fraction of sp³-hybridized carbons (Fsp3) is 0.450. The molecule has 0 aromatic heterocycles. The van der Waals surface area contributed by atoms with Crippen LogP contribution in [0.1, 0.15) is 19.4 Å². The number of alkyl carbamates (subject to hydrolysis) is 1. The molecule has 0 saturated carbocycles. The maximum atomic E-state index is 12.6. The van der Waals surface area contributed by atoms with E-state index in [-0.39, 0.29) is 12.5 Å². The van der Waals surface area contributed by atoms with E-state index < -0.39 is 32.2 Å². The van der Waals surface area contributed by atoms with Gasteiger partial charge in [0.05, 0.1) is 14.1 Å². The third-order valence-corrected chi connectivity index (χ3v) is 6.82. The first-order valence-corrected chi connectivity index (χ1v) is 12.3. The number of benzene rings is 1. The first kappa shape index (κ1) is 22.6. The van der Waals surface area contributed by atoms with Crippen LogP contribution >= 0.6 is 0 Å². The molecule has 0 aliphatic carbocycles. The summed E-state index contributed by atoms with van der Waals surface area (Å²) in [6, 6.07) is 8.46. The van der Waals surface area contributed by atoms with Crippen molar-refractivity contribution in [2.75, 3.05) is 0 Å². The zero-order valence-electron chi connectivity index (χ0n) is 16.5. The van der Waals surface area contributed by atoms with Gasteiger partial charge in [0, 0.05) is 0 Å². The van der Waals surface area contributed by atoms with Crippen LogP contribution in [0.3, 0.4) is 0 Å². The van der Waals surface area contributed by atoms with Crippen LogP contribution in [-0.2, 0) is 20.9 Å². The van der Waals surface area contributed by atoms with Gasteiger partial charge in [-0.15, -0.1) is 12.3 Å². The molecule has 0 aliphatic heterocycles. The van der Waals surface area contributed by atoms with Gasteiger partial charge in [0.1, 0.15) is 18.9 Å². The Kier molecular flexibility index (Phi) is 8.94. The first-order chi connectivity index (χ1) is 12.7. The average Bonchev–Trinajstić information content (AvgIpc) is 2.64. The fourth-order valence-electron chi connectivity index (χ4n) is 2.48. The van der Waals surface area contributed by atoms with Crippen molar-refractivity contribution in [2.45, 2.75) is 51.7 Å². The van der Waals surface area contributed by atoms with Crippen molar-refractivity contribution in [2.24, 2.45) is 5.92 Å². The van der Waals surface area contributed by atoms with Crippen molar-refractivity contribution in [1.82, 2.24) is 10.6 Å². The average molecular weight is 391 g/mol. The van der Waals surface area contributed by atoms with Crippen molar-refractivity contribution in [1.29, 1.82) is 0 Å². The first-order valence-electron chi connectivity index (χ1n) is 9.05. The fourth-order valence-corrected chi connectivity index (χ4v) is 3.98. The van der Waals surface area contributed by atoms with Crippen molar-refractivity contribution >= 4 is 26.4 Å². The lowest BCUT2D eigenvalue weighted by Crippen LogP contribution is -2.53. The lowest BCUT2D eigenvalue weighted by Gasteiger charge is -2.26. The minimum Gasteiger partial charge on any atom is -0.445 e. The zero-order valence-corrected chi connectivity index (χ0v) is 17.5. The van der Waals surface area contributed by atoms with E-state index in [2.05, 4.69) is 30.3 Å². The summed E-state index contributed by atoms with van der Waals surface area (Å²) in [5, 5.41) is 5.32. The highest BCUT2D eigenvalue weighted by molar-refractivity contribution is 6.82. The lowest BCUT2D eigenvalue weighted by atomic mass is 10.0. The molecule has 0 spiro atoms. The quantitative estimate of drug-likeness (QED) is 0.475. The van der Waals surface area contributed by atoms with Gasteiger partial charge in [-0.2, -0.15) is 0 Å². The molecule has 1 unspecified atom stereocenters. The van der Waals surface area contributed by atoms with Gasteiger partial charge in [-0.1, -0.05) is 57.3 Å². The Labute approximate surface area is 162 Å². The normalized spacial score (nSPS) is 13.4. The predicted octanol–water partition coefficient (Wildman–Crippen LogP) is 3.05. The van der Waals surface area contributed by atoms with E-state index in [1.807, 2.05) is 49.9 Å². The summed E-state index contributed by atoms with van der Waals surface area (Å²) in [7, 11) is -1.77. The Bertz CT molecular complexity index is 647. The summed E-state index contributed by atoms with van der Waals surface area (Å²) in [5.74, 6) is -0.557. The molecule has 0 bridgehead atoms. The molecule has 1 aromatic carbocycles. The highest BCUT2D eigenvalue weighted by Gasteiger charge is 2.29. The topological polar surface area (TPSA) is 84.5 Å². The maximum absolute atomic E-state index is 12.6.